The molecule has 0 bridgehead atoms. The quantitative estimate of drug-likeness (QED) is 0.743. The van der Waals surface area contributed by atoms with Crippen LogP contribution in [0, 0.1) is 0 Å². The fourth-order valence-corrected chi connectivity index (χ4v) is 5.11. The first kappa shape index (κ1) is 19.4. The summed E-state index contributed by atoms with van der Waals surface area (Å²) >= 11 is 0. The standard InChI is InChI=1S/C21H26N2O3S/c24-21(22-15-7-11-18-9-3-1-4-10-18)23-16-8-12-19(23)17-27(25,26)20-13-5-2-6-14-20/h1-6,9-10,13-14,19H,7-8,11-12,15-17H2,(H,22,24)/t19-/m1/s1. The molecule has 0 spiro atoms. The molecule has 1 heterocycles. The summed E-state index contributed by atoms with van der Waals surface area (Å²) in [7, 11) is -3.39. The molecule has 0 unspecified atom stereocenters. The zero-order chi connectivity index (χ0) is 19.1. The number of carbonyl (C=O) groups is 1. The van der Waals surface area contributed by atoms with Crippen molar-refractivity contribution in [3.63, 3.8) is 0 Å². The molecule has 1 atom stereocenters. The SMILES string of the molecule is O=C(NCCCc1ccccc1)N1CCC[C@@H]1CS(=O)(=O)c1ccccc1. The van der Waals surface area contributed by atoms with Gasteiger partial charge in [0.25, 0.3) is 0 Å². The molecule has 2 aromatic carbocycles. The first-order valence-corrected chi connectivity index (χ1v) is 11.1. The van der Waals surface area contributed by atoms with Crippen molar-refractivity contribution in [1.82, 2.24) is 10.2 Å². The molecule has 144 valence electrons. The van der Waals surface area contributed by atoms with Gasteiger partial charge in [-0.1, -0.05) is 48.5 Å². The maximum absolute atomic E-state index is 12.6. The molecule has 1 aliphatic rings. The van der Waals surface area contributed by atoms with E-state index in [1.54, 1.807) is 35.2 Å². The van der Waals surface area contributed by atoms with Crippen LogP contribution in [0.1, 0.15) is 24.8 Å². The van der Waals surface area contributed by atoms with Crippen LogP contribution in [0.4, 0.5) is 4.79 Å². The van der Waals surface area contributed by atoms with Crippen molar-refractivity contribution >= 4 is 15.9 Å². The van der Waals surface area contributed by atoms with Gasteiger partial charge in [-0.25, -0.2) is 13.2 Å². The summed E-state index contributed by atoms with van der Waals surface area (Å²) in [5.41, 5.74) is 1.25. The Bertz CT molecular complexity index is 838. The maximum atomic E-state index is 12.6. The fourth-order valence-electron chi connectivity index (χ4n) is 3.49. The highest BCUT2D eigenvalue weighted by Crippen LogP contribution is 2.22. The summed E-state index contributed by atoms with van der Waals surface area (Å²) in [6.07, 6.45) is 3.33. The highest BCUT2D eigenvalue weighted by atomic mass is 32.2. The highest BCUT2D eigenvalue weighted by molar-refractivity contribution is 7.91. The number of likely N-dealkylation sites (tertiary alicyclic amines) is 1. The van der Waals surface area contributed by atoms with E-state index in [1.807, 2.05) is 18.2 Å². The molecule has 2 amide bonds. The van der Waals surface area contributed by atoms with Gasteiger partial charge in [-0.05, 0) is 43.4 Å². The van der Waals surface area contributed by atoms with E-state index in [0.29, 0.717) is 18.0 Å². The largest absolute Gasteiger partial charge is 0.338 e. The number of urea groups is 1. The number of nitrogens with one attached hydrogen (secondary N) is 1. The highest BCUT2D eigenvalue weighted by Gasteiger charge is 2.32. The van der Waals surface area contributed by atoms with Crippen molar-refractivity contribution in [2.24, 2.45) is 0 Å². The second kappa shape index (κ2) is 9.04. The summed E-state index contributed by atoms with van der Waals surface area (Å²) in [6.45, 7) is 1.20. The second-order valence-corrected chi connectivity index (χ2v) is 8.94. The van der Waals surface area contributed by atoms with Gasteiger partial charge in [0.05, 0.1) is 10.6 Å². The van der Waals surface area contributed by atoms with Crippen molar-refractivity contribution in [1.29, 1.82) is 0 Å². The zero-order valence-electron chi connectivity index (χ0n) is 15.4. The van der Waals surface area contributed by atoms with Crippen LogP contribution in [0.15, 0.2) is 65.6 Å². The van der Waals surface area contributed by atoms with E-state index < -0.39 is 9.84 Å². The summed E-state index contributed by atoms with van der Waals surface area (Å²) in [5, 5.41) is 2.94. The van der Waals surface area contributed by atoms with Crippen LogP contribution in [0.5, 0.6) is 0 Å². The number of nitrogens with zero attached hydrogens (tertiary/aromatic N) is 1. The molecule has 1 saturated heterocycles. The summed E-state index contributed by atoms with van der Waals surface area (Å²) in [6, 6.07) is 18.2. The van der Waals surface area contributed by atoms with E-state index in [-0.39, 0.29) is 17.8 Å². The third-order valence-corrected chi connectivity index (χ3v) is 6.73. The van der Waals surface area contributed by atoms with E-state index in [1.165, 1.54) is 5.56 Å². The third kappa shape index (κ3) is 5.32. The van der Waals surface area contributed by atoms with E-state index >= 15 is 0 Å². The van der Waals surface area contributed by atoms with Gasteiger partial charge in [0, 0.05) is 19.1 Å². The molecule has 6 heteroatoms. The number of sulfone groups is 1. The molecule has 5 nitrogen and oxygen atoms in total. The molecule has 1 aliphatic heterocycles. The number of aryl methyl sites for hydroxylation is 1. The van der Waals surface area contributed by atoms with Crippen LogP contribution in [-0.4, -0.2) is 44.2 Å². The van der Waals surface area contributed by atoms with Crippen molar-refractivity contribution in [3.05, 3.63) is 66.2 Å². The molecule has 0 aliphatic carbocycles. The topological polar surface area (TPSA) is 66.5 Å². The normalized spacial score (nSPS) is 17.0. The number of amides is 2. The number of carbonyl (C=O) groups excluding carboxylic acids is 1. The van der Waals surface area contributed by atoms with Crippen molar-refractivity contribution in [2.45, 2.75) is 36.6 Å². The van der Waals surface area contributed by atoms with Crippen molar-refractivity contribution in [3.8, 4) is 0 Å². The molecule has 2 aromatic rings. The number of hydrogen-bond donors (Lipinski definition) is 1. The fraction of sp³-hybridized carbons (Fsp3) is 0.381. The Kier molecular flexibility index (Phi) is 6.50. The van der Waals surface area contributed by atoms with Gasteiger partial charge in [0.2, 0.25) is 0 Å². The lowest BCUT2D eigenvalue weighted by atomic mass is 10.1. The van der Waals surface area contributed by atoms with Crippen LogP contribution in [0.25, 0.3) is 0 Å². The van der Waals surface area contributed by atoms with Gasteiger partial charge in [-0.2, -0.15) is 0 Å². The Hall–Kier alpha value is -2.34. The van der Waals surface area contributed by atoms with Crippen molar-refractivity contribution in [2.75, 3.05) is 18.8 Å². The number of benzene rings is 2. The van der Waals surface area contributed by atoms with E-state index in [9.17, 15) is 13.2 Å². The first-order chi connectivity index (χ1) is 13.1. The minimum Gasteiger partial charge on any atom is -0.338 e. The van der Waals surface area contributed by atoms with Crippen LogP contribution < -0.4 is 5.32 Å². The average molecular weight is 387 g/mol. The zero-order valence-corrected chi connectivity index (χ0v) is 16.2. The Morgan fingerprint density at radius 2 is 1.70 bits per heavy atom. The second-order valence-electron chi connectivity index (χ2n) is 6.90. The third-order valence-electron chi connectivity index (χ3n) is 4.91. The van der Waals surface area contributed by atoms with Gasteiger partial charge < -0.3 is 10.2 Å². The van der Waals surface area contributed by atoms with Crippen molar-refractivity contribution < 1.29 is 13.2 Å². The molecular weight excluding hydrogens is 360 g/mol. The Labute approximate surface area is 161 Å². The predicted octanol–water partition coefficient (Wildman–Crippen LogP) is 3.27. The van der Waals surface area contributed by atoms with E-state index in [2.05, 4.69) is 17.4 Å². The van der Waals surface area contributed by atoms with Gasteiger partial charge in [-0.3, -0.25) is 0 Å². The van der Waals surface area contributed by atoms with Gasteiger partial charge >= 0.3 is 6.03 Å². The monoisotopic (exact) mass is 386 g/mol. The lowest BCUT2D eigenvalue weighted by Crippen LogP contribution is -2.45. The first-order valence-electron chi connectivity index (χ1n) is 9.42. The summed E-state index contributed by atoms with van der Waals surface area (Å²) < 4.78 is 25.2. The van der Waals surface area contributed by atoms with Gasteiger partial charge in [-0.15, -0.1) is 0 Å². The van der Waals surface area contributed by atoms with E-state index in [0.717, 1.165) is 25.7 Å². The number of rotatable bonds is 7. The van der Waals surface area contributed by atoms with Crippen LogP contribution in [-0.2, 0) is 16.3 Å². The predicted molar refractivity (Wildman–Crippen MR) is 106 cm³/mol. The Morgan fingerprint density at radius 3 is 2.41 bits per heavy atom. The summed E-state index contributed by atoms with van der Waals surface area (Å²) in [5.74, 6) is -0.0194. The molecule has 1 fully saturated rings. The van der Waals surface area contributed by atoms with Gasteiger partial charge in [0.15, 0.2) is 9.84 Å². The Balaban J connectivity index is 1.50. The molecule has 27 heavy (non-hydrogen) atoms. The maximum Gasteiger partial charge on any atom is 0.317 e. The van der Waals surface area contributed by atoms with Crippen LogP contribution >= 0.6 is 0 Å². The Morgan fingerprint density at radius 1 is 1.04 bits per heavy atom. The van der Waals surface area contributed by atoms with E-state index in [4.69, 9.17) is 0 Å². The minimum atomic E-state index is -3.39. The minimum absolute atomic E-state index is 0.0194. The van der Waals surface area contributed by atoms with Gasteiger partial charge in [0.1, 0.15) is 0 Å². The molecule has 0 radical (unpaired) electrons. The van der Waals surface area contributed by atoms with Crippen LogP contribution in [0.3, 0.4) is 0 Å². The smallest absolute Gasteiger partial charge is 0.317 e. The lowest BCUT2D eigenvalue weighted by molar-refractivity contribution is 0.196. The average Bonchev–Trinajstić information content (AvgIpc) is 3.14. The molecule has 0 aromatic heterocycles. The molecular formula is C21H26N2O3S. The summed E-state index contributed by atoms with van der Waals surface area (Å²) in [4.78, 5) is 14.5. The lowest BCUT2D eigenvalue weighted by Gasteiger charge is -2.25. The van der Waals surface area contributed by atoms with Crippen LogP contribution in [0.2, 0.25) is 0 Å². The molecule has 0 saturated carbocycles. The molecule has 1 N–H and O–H groups in total. The number of hydrogen-bond acceptors (Lipinski definition) is 3. The molecule has 3 rings (SSSR count).